The molecule has 180 valence electrons. The highest BCUT2D eigenvalue weighted by molar-refractivity contribution is 6.04. The van der Waals surface area contributed by atoms with E-state index >= 15 is 0 Å². The summed E-state index contributed by atoms with van der Waals surface area (Å²) < 4.78 is 0. The third kappa shape index (κ3) is 10.4. The fourth-order valence-corrected chi connectivity index (χ4v) is 2.97. The summed E-state index contributed by atoms with van der Waals surface area (Å²) in [7, 11) is 0. The molecule has 11 heteroatoms. The lowest BCUT2D eigenvalue weighted by molar-refractivity contribution is -0.141. The van der Waals surface area contributed by atoms with Crippen molar-refractivity contribution in [2.24, 2.45) is 11.8 Å². The zero-order valence-electron chi connectivity index (χ0n) is 18.4. The van der Waals surface area contributed by atoms with Gasteiger partial charge in [0.15, 0.2) is 0 Å². The summed E-state index contributed by atoms with van der Waals surface area (Å²) in [6.07, 6.45) is -0.945. The molecule has 1 rings (SSSR count). The van der Waals surface area contributed by atoms with E-state index in [4.69, 9.17) is 10.2 Å². The number of carbonyl (C=O) groups is 6. The quantitative estimate of drug-likeness (QED) is 0.198. The predicted octanol–water partition coefficient (Wildman–Crippen LogP) is 0.795. The Labute approximate surface area is 190 Å². The van der Waals surface area contributed by atoms with E-state index in [1.54, 1.807) is 44.2 Å². The number of nitrogens with one attached hydrogen (secondary N) is 3. The molecule has 0 bridgehead atoms. The molecule has 3 atom stereocenters. The van der Waals surface area contributed by atoms with E-state index in [0.717, 1.165) is 0 Å². The van der Waals surface area contributed by atoms with Crippen LogP contribution in [0.4, 0.5) is 5.69 Å². The number of carboxylic acid groups (broad SMARTS) is 2. The van der Waals surface area contributed by atoms with Gasteiger partial charge >= 0.3 is 11.9 Å². The molecule has 1 aromatic rings. The summed E-state index contributed by atoms with van der Waals surface area (Å²) in [6, 6.07) is 5.79. The number of hydrogen-bond donors (Lipinski definition) is 5. The first-order valence-corrected chi connectivity index (χ1v) is 10.4. The summed E-state index contributed by atoms with van der Waals surface area (Å²) in [4.78, 5) is 71.2. The van der Waals surface area contributed by atoms with Gasteiger partial charge in [-0.3, -0.25) is 24.0 Å². The fourth-order valence-electron chi connectivity index (χ4n) is 2.97. The summed E-state index contributed by atoms with van der Waals surface area (Å²) >= 11 is 0. The molecule has 0 aliphatic heterocycles. The van der Waals surface area contributed by atoms with Crippen LogP contribution >= 0.6 is 0 Å². The number of para-hydroxylation sites is 1. The first-order chi connectivity index (χ1) is 15.5. The zero-order valence-corrected chi connectivity index (χ0v) is 18.4. The van der Waals surface area contributed by atoms with Crippen LogP contribution in [0.2, 0.25) is 0 Å². The van der Waals surface area contributed by atoms with Gasteiger partial charge < -0.3 is 31.0 Å². The molecule has 3 amide bonds. The maximum Gasteiger partial charge on any atom is 0.305 e. The maximum absolute atomic E-state index is 12.9. The molecule has 0 aliphatic carbocycles. The largest absolute Gasteiger partial charge is 0.481 e. The molecule has 11 nitrogen and oxygen atoms in total. The molecule has 0 fully saturated rings. The molecule has 0 aliphatic rings. The van der Waals surface area contributed by atoms with Crippen LogP contribution in [0.15, 0.2) is 30.3 Å². The van der Waals surface area contributed by atoms with Crippen LogP contribution in [0.1, 0.15) is 39.5 Å². The average molecular weight is 463 g/mol. The Bertz CT molecular complexity index is 856. The Kier molecular flexibility index (Phi) is 11.2. The van der Waals surface area contributed by atoms with Crippen molar-refractivity contribution in [2.45, 2.75) is 51.6 Å². The molecule has 0 saturated carbocycles. The Hall–Kier alpha value is -3.76. The molecule has 5 N–H and O–H groups in total. The normalized spacial score (nSPS) is 13.3. The van der Waals surface area contributed by atoms with Crippen LogP contribution in [-0.2, 0) is 28.8 Å². The maximum atomic E-state index is 12.9. The van der Waals surface area contributed by atoms with Gasteiger partial charge in [-0.1, -0.05) is 32.0 Å². The second kappa shape index (κ2) is 13.6. The zero-order chi connectivity index (χ0) is 25.0. The van der Waals surface area contributed by atoms with Crippen molar-refractivity contribution in [1.82, 2.24) is 10.6 Å². The fraction of sp³-hybridized carbons (Fsp3) is 0.455. The second-order valence-electron chi connectivity index (χ2n) is 7.88. The molecule has 0 radical (unpaired) electrons. The SMILES string of the molecule is CC(C)CC(C(=O)NC(C=O)CC(=O)O)C(=O)NC(CCC(=O)O)C(=O)Nc1ccccc1. The van der Waals surface area contributed by atoms with Gasteiger partial charge in [0.05, 0.1) is 12.5 Å². The second-order valence-corrected chi connectivity index (χ2v) is 7.88. The molecule has 3 unspecified atom stereocenters. The minimum absolute atomic E-state index is 0.0578. The number of amides is 3. The Morgan fingerprint density at radius 2 is 1.52 bits per heavy atom. The van der Waals surface area contributed by atoms with Crippen molar-refractivity contribution in [3.05, 3.63) is 30.3 Å². The number of anilines is 1. The van der Waals surface area contributed by atoms with Crippen LogP contribution in [0.5, 0.6) is 0 Å². The van der Waals surface area contributed by atoms with Gasteiger partial charge in [-0.25, -0.2) is 0 Å². The highest BCUT2D eigenvalue weighted by atomic mass is 16.4. The van der Waals surface area contributed by atoms with Crippen molar-refractivity contribution >= 4 is 41.6 Å². The van der Waals surface area contributed by atoms with Crippen molar-refractivity contribution < 1.29 is 39.0 Å². The van der Waals surface area contributed by atoms with Crippen molar-refractivity contribution in [3.8, 4) is 0 Å². The number of aliphatic carboxylic acids is 2. The van der Waals surface area contributed by atoms with Gasteiger partial charge in [0.2, 0.25) is 17.7 Å². The Morgan fingerprint density at radius 1 is 0.909 bits per heavy atom. The topological polar surface area (TPSA) is 179 Å². The third-order valence-electron chi connectivity index (χ3n) is 4.55. The number of rotatable bonds is 14. The van der Waals surface area contributed by atoms with Crippen LogP contribution in [0, 0.1) is 11.8 Å². The number of hydrogen-bond acceptors (Lipinski definition) is 6. The van der Waals surface area contributed by atoms with Crippen LogP contribution in [-0.4, -0.2) is 58.2 Å². The van der Waals surface area contributed by atoms with Crippen LogP contribution in [0.3, 0.4) is 0 Å². The van der Waals surface area contributed by atoms with E-state index < -0.39 is 60.5 Å². The van der Waals surface area contributed by atoms with Gasteiger partial charge in [0, 0.05) is 12.1 Å². The van der Waals surface area contributed by atoms with Gasteiger partial charge in [0.1, 0.15) is 18.2 Å². The van der Waals surface area contributed by atoms with Gasteiger partial charge in [-0.15, -0.1) is 0 Å². The predicted molar refractivity (Wildman–Crippen MR) is 117 cm³/mol. The van der Waals surface area contributed by atoms with Crippen molar-refractivity contribution in [3.63, 3.8) is 0 Å². The molecule has 0 saturated heterocycles. The van der Waals surface area contributed by atoms with E-state index in [9.17, 15) is 28.8 Å². The molecular formula is C22H29N3O8. The first kappa shape index (κ1) is 27.3. The lowest BCUT2D eigenvalue weighted by atomic mass is 9.94. The smallest absolute Gasteiger partial charge is 0.305 e. The number of benzene rings is 1. The minimum atomic E-state index is -1.32. The summed E-state index contributed by atoms with van der Waals surface area (Å²) in [6.45, 7) is 3.51. The standard InChI is InChI=1S/C22H29N3O8/c1-13(2)10-16(20(31)24-15(12-26)11-19(29)30)21(32)25-17(8-9-18(27)28)22(33)23-14-6-4-3-5-7-14/h3-7,12-13,15-17H,8-11H2,1-2H3,(H,23,33)(H,24,31)(H,25,32)(H,27,28)(H,29,30). The van der Waals surface area contributed by atoms with E-state index in [2.05, 4.69) is 16.0 Å². The van der Waals surface area contributed by atoms with Crippen LogP contribution in [0.25, 0.3) is 0 Å². The molecule has 0 spiro atoms. The average Bonchev–Trinajstić information content (AvgIpc) is 2.74. The van der Waals surface area contributed by atoms with Gasteiger partial charge in [0.25, 0.3) is 0 Å². The van der Waals surface area contributed by atoms with E-state index in [-0.39, 0.29) is 25.0 Å². The van der Waals surface area contributed by atoms with Crippen molar-refractivity contribution in [1.29, 1.82) is 0 Å². The lowest BCUT2D eigenvalue weighted by Crippen LogP contribution is -2.51. The number of aldehydes is 1. The number of carboxylic acids is 2. The Balaban J connectivity index is 3.01. The van der Waals surface area contributed by atoms with E-state index in [1.165, 1.54) is 0 Å². The number of carbonyl (C=O) groups excluding carboxylic acids is 4. The monoisotopic (exact) mass is 463 g/mol. The molecule has 1 aromatic carbocycles. The van der Waals surface area contributed by atoms with E-state index in [0.29, 0.717) is 5.69 Å². The van der Waals surface area contributed by atoms with Gasteiger partial charge in [-0.05, 0) is 30.9 Å². The highest BCUT2D eigenvalue weighted by Crippen LogP contribution is 2.15. The molecular weight excluding hydrogens is 434 g/mol. The summed E-state index contributed by atoms with van der Waals surface area (Å²) in [5.74, 6) is -6.27. The summed E-state index contributed by atoms with van der Waals surface area (Å²) in [5.41, 5.74) is 0.441. The van der Waals surface area contributed by atoms with Gasteiger partial charge in [-0.2, -0.15) is 0 Å². The molecule has 33 heavy (non-hydrogen) atoms. The first-order valence-electron chi connectivity index (χ1n) is 10.4. The highest BCUT2D eigenvalue weighted by Gasteiger charge is 2.32. The minimum Gasteiger partial charge on any atom is -0.481 e. The lowest BCUT2D eigenvalue weighted by Gasteiger charge is -2.23. The van der Waals surface area contributed by atoms with Crippen LogP contribution < -0.4 is 16.0 Å². The van der Waals surface area contributed by atoms with E-state index in [1.807, 2.05) is 0 Å². The third-order valence-corrected chi connectivity index (χ3v) is 4.55. The molecule has 0 aromatic heterocycles. The van der Waals surface area contributed by atoms with Crippen molar-refractivity contribution in [2.75, 3.05) is 5.32 Å². The molecule has 0 heterocycles. The Morgan fingerprint density at radius 3 is 2.03 bits per heavy atom. The summed E-state index contributed by atoms with van der Waals surface area (Å²) in [5, 5.41) is 25.1.